The first-order chi connectivity index (χ1) is 9.97. The summed E-state index contributed by atoms with van der Waals surface area (Å²) in [5.41, 5.74) is 1.14. The lowest BCUT2D eigenvalue weighted by atomic mass is 9.62. The smallest absolute Gasteiger partial charge is 0.302 e. The monoisotopic (exact) mass is 310 g/mol. The van der Waals surface area contributed by atoms with Gasteiger partial charge in [0.05, 0.1) is 13.2 Å². The summed E-state index contributed by atoms with van der Waals surface area (Å²) in [5, 5.41) is 0.696. The molecule has 0 aromatic heterocycles. The highest BCUT2D eigenvalue weighted by atomic mass is 35.5. The van der Waals surface area contributed by atoms with Crippen LogP contribution in [0, 0.1) is 11.8 Å². The second-order valence-corrected chi connectivity index (χ2v) is 5.86. The number of hydrogen-bond acceptors (Lipinski definition) is 4. The number of halogens is 1. The van der Waals surface area contributed by atoms with Gasteiger partial charge in [-0.1, -0.05) is 23.7 Å². The Hall–Kier alpha value is -1.55. The van der Waals surface area contributed by atoms with E-state index in [0.717, 1.165) is 12.0 Å². The fourth-order valence-corrected chi connectivity index (χ4v) is 3.01. The van der Waals surface area contributed by atoms with Crippen LogP contribution in [0.1, 0.15) is 31.7 Å². The highest BCUT2D eigenvalue weighted by Gasteiger charge is 2.42. The van der Waals surface area contributed by atoms with Crippen LogP contribution in [-0.2, 0) is 19.1 Å². The molecule has 0 spiro atoms. The van der Waals surface area contributed by atoms with Crippen molar-refractivity contribution < 1.29 is 19.1 Å². The molecule has 114 valence electrons. The Kier molecular flexibility index (Phi) is 5.23. The van der Waals surface area contributed by atoms with Crippen LogP contribution in [-0.4, -0.2) is 25.2 Å². The van der Waals surface area contributed by atoms with E-state index < -0.39 is 0 Å². The van der Waals surface area contributed by atoms with E-state index in [1.54, 1.807) is 0 Å². The van der Waals surface area contributed by atoms with E-state index in [4.69, 9.17) is 21.1 Å². The standard InChI is InChI=1S/C16H19ClO4/c1-10(18)20-8-13-7-15(16(13)9-21-11(2)19)12-4-3-5-14(17)6-12/h3-6,13,15-16H,7-9H2,1-2H3/t13-,15-,16+/m1/s1. The van der Waals surface area contributed by atoms with Gasteiger partial charge in [-0.2, -0.15) is 0 Å². The number of carbonyl (C=O) groups is 2. The molecular formula is C16H19ClO4. The fraction of sp³-hybridized carbons (Fsp3) is 0.500. The van der Waals surface area contributed by atoms with E-state index >= 15 is 0 Å². The average Bonchev–Trinajstić information content (AvgIpc) is 2.36. The molecule has 0 bridgehead atoms. The zero-order chi connectivity index (χ0) is 15.4. The molecule has 1 fully saturated rings. The van der Waals surface area contributed by atoms with Crippen LogP contribution in [0.3, 0.4) is 0 Å². The predicted molar refractivity (Wildman–Crippen MR) is 79.1 cm³/mol. The van der Waals surface area contributed by atoms with Crippen LogP contribution < -0.4 is 0 Å². The molecule has 1 aromatic rings. The minimum absolute atomic E-state index is 0.159. The molecule has 1 saturated carbocycles. The van der Waals surface area contributed by atoms with Crippen molar-refractivity contribution in [2.45, 2.75) is 26.2 Å². The molecule has 1 aliphatic rings. The number of esters is 2. The number of ether oxygens (including phenoxy) is 2. The summed E-state index contributed by atoms with van der Waals surface area (Å²) in [6.45, 7) is 3.51. The SMILES string of the molecule is CC(=O)OC[C@H]1C[C@H](c2cccc(Cl)c2)[C@H]1COC(C)=O. The molecule has 0 unspecified atom stereocenters. The first-order valence-corrected chi connectivity index (χ1v) is 7.37. The molecule has 5 heteroatoms. The van der Waals surface area contributed by atoms with Gasteiger partial charge in [0.2, 0.25) is 0 Å². The van der Waals surface area contributed by atoms with Crippen molar-refractivity contribution in [3.8, 4) is 0 Å². The van der Waals surface area contributed by atoms with Gasteiger partial charge in [-0.05, 0) is 30.0 Å². The number of hydrogen-bond donors (Lipinski definition) is 0. The molecule has 0 radical (unpaired) electrons. The van der Waals surface area contributed by atoms with Gasteiger partial charge < -0.3 is 9.47 Å². The van der Waals surface area contributed by atoms with E-state index in [1.165, 1.54) is 13.8 Å². The third-order valence-electron chi connectivity index (χ3n) is 3.94. The van der Waals surface area contributed by atoms with Gasteiger partial charge in [0.25, 0.3) is 0 Å². The van der Waals surface area contributed by atoms with E-state index in [-0.39, 0.29) is 29.7 Å². The summed E-state index contributed by atoms with van der Waals surface area (Å²) in [5.74, 6) is 0.0815. The Morgan fingerprint density at radius 2 is 1.86 bits per heavy atom. The zero-order valence-corrected chi connectivity index (χ0v) is 12.9. The average molecular weight is 311 g/mol. The lowest BCUT2D eigenvalue weighted by molar-refractivity contribution is -0.151. The highest BCUT2D eigenvalue weighted by Crippen LogP contribution is 2.48. The molecule has 0 amide bonds. The van der Waals surface area contributed by atoms with Crippen LogP contribution in [0.2, 0.25) is 5.02 Å². The molecule has 4 nitrogen and oxygen atoms in total. The Labute approximate surface area is 129 Å². The summed E-state index contributed by atoms with van der Waals surface area (Å²) in [6, 6.07) is 7.72. The lowest BCUT2D eigenvalue weighted by Gasteiger charge is -2.44. The van der Waals surface area contributed by atoms with Crippen molar-refractivity contribution in [1.82, 2.24) is 0 Å². The maximum Gasteiger partial charge on any atom is 0.302 e. The van der Waals surface area contributed by atoms with Gasteiger partial charge in [-0.25, -0.2) is 0 Å². The van der Waals surface area contributed by atoms with E-state index in [0.29, 0.717) is 18.2 Å². The lowest BCUT2D eigenvalue weighted by Crippen LogP contribution is -2.41. The normalized spacial score (nSPS) is 24.0. The van der Waals surface area contributed by atoms with Crippen LogP contribution in [0.15, 0.2) is 24.3 Å². The summed E-state index contributed by atoms with van der Waals surface area (Å²) in [4.78, 5) is 22.0. The van der Waals surface area contributed by atoms with Crippen LogP contribution in [0.25, 0.3) is 0 Å². The third kappa shape index (κ3) is 4.21. The second kappa shape index (κ2) is 6.94. The van der Waals surface area contributed by atoms with Crippen LogP contribution in [0.5, 0.6) is 0 Å². The molecule has 1 aliphatic carbocycles. The Bertz CT molecular complexity index is 529. The number of rotatable bonds is 5. The van der Waals surface area contributed by atoms with Crippen molar-refractivity contribution in [2.75, 3.05) is 13.2 Å². The summed E-state index contributed by atoms with van der Waals surface area (Å²) >= 11 is 6.03. The quantitative estimate of drug-likeness (QED) is 0.784. The van der Waals surface area contributed by atoms with Gasteiger partial charge in [0.15, 0.2) is 0 Å². The molecule has 0 N–H and O–H groups in total. The molecule has 0 aliphatic heterocycles. The van der Waals surface area contributed by atoms with Crippen molar-refractivity contribution in [3.63, 3.8) is 0 Å². The largest absolute Gasteiger partial charge is 0.466 e. The topological polar surface area (TPSA) is 52.6 Å². The van der Waals surface area contributed by atoms with Crippen LogP contribution >= 0.6 is 11.6 Å². The summed E-state index contributed by atoms with van der Waals surface area (Å²) in [6.07, 6.45) is 0.902. The zero-order valence-electron chi connectivity index (χ0n) is 12.2. The Morgan fingerprint density at radius 1 is 1.19 bits per heavy atom. The van der Waals surface area contributed by atoms with Crippen molar-refractivity contribution >= 4 is 23.5 Å². The van der Waals surface area contributed by atoms with E-state index in [9.17, 15) is 9.59 Å². The summed E-state index contributed by atoms with van der Waals surface area (Å²) < 4.78 is 10.2. The maximum absolute atomic E-state index is 11.0. The Morgan fingerprint density at radius 3 is 2.48 bits per heavy atom. The van der Waals surface area contributed by atoms with Gasteiger partial charge in [-0.3, -0.25) is 9.59 Å². The van der Waals surface area contributed by atoms with Gasteiger partial charge in [0.1, 0.15) is 0 Å². The Balaban J connectivity index is 2.03. The van der Waals surface area contributed by atoms with Gasteiger partial charge >= 0.3 is 11.9 Å². The molecular weight excluding hydrogens is 292 g/mol. The van der Waals surface area contributed by atoms with Crippen LogP contribution in [0.4, 0.5) is 0 Å². The predicted octanol–water partition coefficient (Wildman–Crippen LogP) is 3.19. The summed E-state index contributed by atoms with van der Waals surface area (Å²) in [7, 11) is 0. The van der Waals surface area contributed by atoms with Crippen molar-refractivity contribution in [2.24, 2.45) is 11.8 Å². The molecule has 3 atom stereocenters. The fourth-order valence-electron chi connectivity index (χ4n) is 2.81. The molecule has 0 heterocycles. The van der Waals surface area contributed by atoms with E-state index in [2.05, 4.69) is 0 Å². The van der Waals surface area contributed by atoms with E-state index in [1.807, 2.05) is 24.3 Å². The first-order valence-electron chi connectivity index (χ1n) is 6.99. The second-order valence-electron chi connectivity index (χ2n) is 5.43. The molecule has 1 aromatic carbocycles. The minimum atomic E-state index is -0.294. The van der Waals surface area contributed by atoms with Crippen molar-refractivity contribution in [1.29, 1.82) is 0 Å². The van der Waals surface area contributed by atoms with Gasteiger partial charge in [-0.15, -0.1) is 0 Å². The maximum atomic E-state index is 11.0. The number of benzene rings is 1. The van der Waals surface area contributed by atoms with Gasteiger partial charge in [0, 0.05) is 30.7 Å². The first kappa shape index (κ1) is 15.8. The minimum Gasteiger partial charge on any atom is -0.466 e. The molecule has 0 saturated heterocycles. The number of carbonyl (C=O) groups excluding carboxylic acids is 2. The molecule has 21 heavy (non-hydrogen) atoms. The highest BCUT2D eigenvalue weighted by molar-refractivity contribution is 6.30. The van der Waals surface area contributed by atoms with Crippen molar-refractivity contribution in [3.05, 3.63) is 34.9 Å². The molecule has 2 rings (SSSR count). The third-order valence-corrected chi connectivity index (χ3v) is 4.17.